The smallest absolute Gasteiger partial charge is 0.174 e. The summed E-state index contributed by atoms with van der Waals surface area (Å²) in [6.07, 6.45) is 0. The molecule has 0 fully saturated rings. The number of furan rings is 1. The molecular formula is C17H10Cl2N2O. The maximum Gasteiger partial charge on any atom is 0.174 e. The number of nitrogens with one attached hydrogen (secondary N) is 1. The van der Waals surface area contributed by atoms with Crippen molar-refractivity contribution in [3.63, 3.8) is 0 Å². The standard InChI is InChI=1S/C17H10Cl2N2O/c18-10-5-6-12(19)11(9-10)15-7-8-16(22-15)17-20-13-3-1-2-4-14(13)21-17/h1-9H,(H,20,21). The first kappa shape index (κ1) is 13.4. The zero-order valence-corrected chi connectivity index (χ0v) is 12.8. The predicted octanol–water partition coefficient (Wildman–Crippen LogP) is 5.80. The summed E-state index contributed by atoms with van der Waals surface area (Å²) in [5.74, 6) is 2.00. The monoisotopic (exact) mass is 328 g/mol. The van der Waals surface area contributed by atoms with Gasteiger partial charge in [-0.1, -0.05) is 35.3 Å². The first-order valence-corrected chi connectivity index (χ1v) is 7.47. The Morgan fingerprint density at radius 3 is 2.59 bits per heavy atom. The van der Waals surface area contributed by atoms with E-state index < -0.39 is 0 Å². The lowest BCUT2D eigenvalue weighted by molar-refractivity contribution is 0.593. The van der Waals surface area contributed by atoms with E-state index >= 15 is 0 Å². The van der Waals surface area contributed by atoms with Crippen molar-refractivity contribution in [2.45, 2.75) is 0 Å². The molecule has 0 amide bonds. The van der Waals surface area contributed by atoms with Gasteiger partial charge in [0.2, 0.25) is 0 Å². The van der Waals surface area contributed by atoms with E-state index in [1.54, 1.807) is 18.2 Å². The van der Waals surface area contributed by atoms with Gasteiger partial charge in [0.1, 0.15) is 5.76 Å². The van der Waals surface area contributed by atoms with Gasteiger partial charge in [-0.2, -0.15) is 0 Å². The molecule has 0 aliphatic carbocycles. The highest BCUT2D eigenvalue weighted by molar-refractivity contribution is 6.35. The van der Waals surface area contributed by atoms with Crippen LogP contribution in [0.25, 0.3) is 33.9 Å². The largest absolute Gasteiger partial charge is 0.453 e. The molecule has 0 saturated carbocycles. The van der Waals surface area contributed by atoms with E-state index in [0.29, 0.717) is 27.4 Å². The minimum atomic E-state index is 0.593. The molecule has 0 bridgehead atoms. The van der Waals surface area contributed by atoms with Gasteiger partial charge >= 0.3 is 0 Å². The SMILES string of the molecule is Clc1ccc(Cl)c(-c2ccc(-c3nc4ccccc4[nH]3)o2)c1. The summed E-state index contributed by atoms with van der Waals surface area (Å²) in [5.41, 5.74) is 2.63. The third-order valence-electron chi connectivity index (χ3n) is 3.42. The molecule has 0 aliphatic rings. The molecule has 2 heterocycles. The van der Waals surface area contributed by atoms with E-state index in [4.69, 9.17) is 27.6 Å². The first-order chi connectivity index (χ1) is 10.7. The highest BCUT2D eigenvalue weighted by Crippen LogP contribution is 2.34. The molecule has 3 nitrogen and oxygen atoms in total. The number of aromatic nitrogens is 2. The number of fused-ring (bicyclic) bond motifs is 1. The number of para-hydroxylation sites is 2. The summed E-state index contributed by atoms with van der Waals surface area (Å²) >= 11 is 12.2. The minimum absolute atomic E-state index is 0.593. The van der Waals surface area contributed by atoms with Crippen LogP contribution in [-0.2, 0) is 0 Å². The number of hydrogen-bond acceptors (Lipinski definition) is 2. The van der Waals surface area contributed by atoms with Crippen LogP contribution in [0.2, 0.25) is 10.0 Å². The number of halogens is 2. The van der Waals surface area contributed by atoms with Crippen molar-refractivity contribution < 1.29 is 4.42 Å². The second-order valence-corrected chi connectivity index (χ2v) is 5.73. The highest BCUT2D eigenvalue weighted by atomic mass is 35.5. The number of rotatable bonds is 2. The Bertz CT molecular complexity index is 939. The molecule has 108 valence electrons. The van der Waals surface area contributed by atoms with Crippen molar-refractivity contribution in [3.05, 3.63) is 64.6 Å². The molecule has 4 aromatic rings. The summed E-state index contributed by atoms with van der Waals surface area (Å²) in [4.78, 5) is 7.76. The average molecular weight is 329 g/mol. The first-order valence-electron chi connectivity index (χ1n) is 6.71. The van der Waals surface area contributed by atoms with Gasteiger partial charge < -0.3 is 9.40 Å². The van der Waals surface area contributed by atoms with Crippen molar-refractivity contribution in [1.29, 1.82) is 0 Å². The molecule has 0 spiro atoms. The quantitative estimate of drug-likeness (QED) is 0.505. The molecule has 0 atom stereocenters. The Kier molecular flexibility index (Phi) is 3.17. The zero-order chi connectivity index (χ0) is 15.1. The maximum atomic E-state index is 6.21. The molecule has 0 unspecified atom stereocenters. The molecule has 22 heavy (non-hydrogen) atoms. The van der Waals surface area contributed by atoms with Crippen LogP contribution in [0, 0.1) is 0 Å². The van der Waals surface area contributed by atoms with Crippen molar-refractivity contribution in [2.24, 2.45) is 0 Å². The maximum absolute atomic E-state index is 6.21. The lowest BCUT2D eigenvalue weighted by Gasteiger charge is -2.01. The van der Waals surface area contributed by atoms with Crippen molar-refractivity contribution in [2.75, 3.05) is 0 Å². The van der Waals surface area contributed by atoms with Crippen LogP contribution in [0.1, 0.15) is 0 Å². The molecule has 5 heteroatoms. The molecule has 4 rings (SSSR count). The summed E-state index contributed by atoms with van der Waals surface area (Å²) in [6.45, 7) is 0. The predicted molar refractivity (Wildman–Crippen MR) is 89.3 cm³/mol. The third-order valence-corrected chi connectivity index (χ3v) is 3.99. The van der Waals surface area contributed by atoms with Crippen LogP contribution < -0.4 is 0 Å². The van der Waals surface area contributed by atoms with Gasteiger partial charge in [-0.15, -0.1) is 0 Å². The van der Waals surface area contributed by atoms with E-state index in [0.717, 1.165) is 16.6 Å². The van der Waals surface area contributed by atoms with Gasteiger partial charge in [0.25, 0.3) is 0 Å². The lowest BCUT2D eigenvalue weighted by atomic mass is 10.2. The van der Waals surface area contributed by atoms with Crippen LogP contribution in [0.4, 0.5) is 0 Å². The van der Waals surface area contributed by atoms with E-state index in [2.05, 4.69) is 9.97 Å². The summed E-state index contributed by atoms with van der Waals surface area (Å²) in [6, 6.07) is 16.8. The van der Waals surface area contributed by atoms with Gasteiger partial charge in [-0.25, -0.2) is 4.98 Å². The number of aromatic amines is 1. The Hall–Kier alpha value is -2.23. The summed E-state index contributed by atoms with van der Waals surface area (Å²) < 4.78 is 5.88. The average Bonchev–Trinajstić information content (AvgIpc) is 3.15. The summed E-state index contributed by atoms with van der Waals surface area (Å²) in [5, 5.41) is 1.20. The van der Waals surface area contributed by atoms with Crippen LogP contribution in [0.5, 0.6) is 0 Å². The van der Waals surface area contributed by atoms with Crippen molar-refractivity contribution in [3.8, 4) is 22.9 Å². The fraction of sp³-hybridized carbons (Fsp3) is 0. The number of hydrogen-bond donors (Lipinski definition) is 1. The van der Waals surface area contributed by atoms with E-state index in [9.17, 15) is 0 Å². The van der Waals surface area contributed by atoms with E-state index in [1.165, 1.54) is 0 Å². The Labute approximate surface area is 136 Å². The van der Waals surface area contributed by atoms with Gasteiger partial charge in [-0.3, -0.25) is 0 Å². The van der Waals surface area contributed by atoms with Crippen LogP contribution in [0.15, 0.2) is 59.0 Å². The third kappa shape index (κ3) is 2.28. The van der Waals surface area contributed by atoms with Gasteiger partial charge in [0, 0.05) is 10.6 Å². The molecule has 2 aromatic heterocycles. The van der Waals surface area contributed by atoms with Gasteiger partial charge in [-0.05, 0) is 42.5 Å². The molecule has 0 aliphatic heterocycles. The Morgan fingerprint density at radius 2 is 1.73 bits per heavy atom. The number of nitrogens with zero attached hydrogens (tertiary/aromatic N) is 1. The lowest BCUT2D eigenvalue weighted by Crippen LogP contribution is -1.77. The Balaban J connectivity index is 1.79. The number of H-pyrrole nitrogens is 1. The van der Waals surface area contributed by atoms with Crippen LogP contribution in [0.3, 0.4) is 0 Å². The van der Waals surface area contributed by atoms with Crippen molar-refractivity contribution in [1.82, 2.24) is 9.97 Å². The fourth-order valence-electron chi connectivity index (χ4n) is 2.37. The van der Waals surface area contributed by atoms with Crippen LogP contribution >= 0.6 is 23.2 Å². The molecule has 0 radical (unpaired) electrons. The van der Waals surface area contributed by atoms with Crippen LogP contribution in [-0.4, -0.2) is 9.97 Å². The number of benzene rings is 2. The number of imidazole rings is 1. The molecule has 1 N–H and O–H groups in total. The summed E-state index contributed by atoms with van der Waals surface area (Å²) in [7, 11) is 0. The van der Waals surface area contributed by atoms with E-state index in [1.807, 2.05) is 36.4 Å². The fourth-order valence-corrected chi connectivity index (χ4v) is 2.75. The van der Waals surface area contributed by atoms with Gasteiger partial charge in [0.05, 0.1) is 16.1 Å². The normalized spacial score (nSPS) is 11.2. The molecule has 2 aromatic carbocycles. The molecule has 0 saturated heterocycles. The van der Waals surface area contributed by atoms with E-state index in [-0.39, 0.29) is 0 Å². The topological polar surface area (TPSA) is 41.8 Å². The zero-order valence-electron chi connectivity index (χ0n) is 11.3. The highest BCUT2D eigenvalue weighted by Gasteiger charge is 2.13. The molecular weight excluding hydrogens is 319 g/mol. The van der Waals surface area contributed by atoms with Gasteiger partial charge in [0.15, 0.2) is 11.6 Å². The second kappa shape index (κ2) is 5.20. The van der Waals surface area contributed by atoms with Crippen molar-refractivity contribution >= 4 is 34.2 Å². The second-order valence-electron chi connectivity index (χ2n) is 4.89. The minimum Gasteiger partial charge on any atom is -0.453 e. The Morgan fingerprint density at radius 1 is 0.909 bits per heavy atom.